The molecule has 1 atom stereocenters. The topological polar surface area (TPSA) is 109 Å². The first-order valence-corrected chi connectivity index (χ1v) is 9.50. The van der Waals surface area contributed by atoms with Crippen LogP contribution in [0.2, 0.25) is 5.02 Å². The van der Waals surface area contributed by atoms with E-state index in [1.54, 1.807) is 17.0 Å². The zero-order valence-electron chi connectivity index (χ0n) is 15.8. The molecule has 154 valence electrons. The Balaban J connectivity index is 1.55. The van der Waals surface area contributed by atoms with E-state index < -0.39 is 18.2 Å². The van der Waals surface area contributed by atoms with Crippen molar-refractivity contribution in [2.45, 2.75) is 6.23 Å². The molecule has 0 radical (unpaired) electrons. The first-order valence-electron chi connectivity index (χ1n) is 9.12. The maximum atomic E-state index is 12.9. The molecule has 1 fully saturated rings. The molecule has 10 nitrogen and oxygen atoms in total. The number of rotatable bonds is 3. The van der Waals surface area contributed by atoms with Crippen LogP contribution in [-0.2, 0) is 9.53 Å². The summed E-state index contributed by atoms with van der Waals surface area (Å²) in [4.78, 5) is 54.1. The normalized spacial score (nSPS) is 18.2. The molecular weight excluding hydrogens is 412 g/mol. The summed E-state index contributed by atoms with van der Waals surface area (Å²) in [7, 11) is 0. The Morgan fingerprint density at radius 1 is 1.10 bits per heavy atom. The summed E-state index contributed by atoms with van der Waals surface area (Å²) >= 11 is 5.89. The van der Waals surface area contributed by atoms with Crippen LogP contribution in [0, 0.1) is 0 Å². The highest BCUT2D eigenvalue weighted by Gasteiger charge is 2.44. The van der Waals surface area contributed by atoms with Gasteiger partial charge in [0.15, 0.2) is 5.69 Å². The van der Waals surface area contributed by atoms with Gasteiger partial charge in [0, 0.05) is 44.8 Å². The Labute approximate surface area is 176 Å². The minimum absolute atomic E-state index is 0.0912. The maximum absolute atomic E-state index is 12.9. The number of carbonyl (C=O) groups is 3. The van der Waals surface area contributed by atoms with Crippen LogP contribution in [0.5, 0.6) is 0 Å². The third-order valence-corrected chi connectivity index (χ3v) is 5.04. The summed E-state index contributed by atoms with van der Waals surface area (Å²) in [6, 6.07) is 3.13. The van der Waals surface area contributed by atoms with Gasteiger partial charge in [-0.2, -0.15) is 0 Å². The number of ether oxygens (including phenoxy) is 1. The van der Waals surface area contributed by atoms with E-state index in [4.69, 9.17) is 16.3 Å². The van der Waals surface area contributed by atoms with Crippen LogP contribution in [-0.4, -0.2) is 68.8 Å². The monoisotopic (exact) mass is 428 g/mol. The summed E-state index contributed by atoms with van der Waals surface area (Å²) in [5, 5.41) is 0.402. The molecule has 0 aliphatic carbocycles. The molecule has 0 bridgehead atoms. The highest BCUT2D eigenvalue weighted by molar-refractivity contribution is 6.30. The Hall–Kier alpha value is -3.53. The zero-order valence-corrected chi connectivity index (χ0v) is 16.5. The highest BCUT2D eigenvalue weighted by Crippen LogP contribution is 2.35. The van der Waals surface area contributed by atoms with Crippen molar-refractivity contribution in [2.24, 2.45) is 0 Å². The number of fused-ring (bicyclic) bond motifs is 1. The molecule has 30 heavy (non-hydrogen) atoms. The lowest BCUT2D eigenvalue weighted by Crippen LogP contribution is -2.51. The fourth-order valence-electron chi connectivity index (χ4n) is 3.29. The molecule has 0 saturated carbocycles. The number of pyridine rings is 1. The molecule has 3 amide bonds. The third-order valence-electron chi connectivity index (χ3n) is 4.81. The van der Waals surface area contributed by atoms with Crippen LogP contribution in [0.15, 0.2) is 43.4 Å². The number of anilines is 1. The van der Waals surface area contributed by atoms with Gasteiger partial charge in [-0.05, 0) is 18.2 Å². The first kappa shape index (κ1) is 19.8. The second kappa shape index (κ2) is 8.07. The van der Waals surface area contributed by atoms with Gasteiger partial charge in [-0.1, -0.05) is 18.2 Å². The molecular formula is C19H17ClN6O4. The molecule has 2 aromatic heterocycles. The predicted octanol–water partition coefficient (Wildman–Crippen LogP) is 1.65. The number of halogens is 1. The van der Waals surface area contributed by atoms with Crippen molar-refractivity contribution in [3.63, 3.8) is 0 Å². The lowest BCUT2D eigenvalue weighted by atomic mass is 10.3. The highest BCUT2D eigenvalue weighted by atomic mass is 35.5. The maximum Gasteiger partial charge on any atom is 0.412 e. The number of nitrogens with zero attached hydrogens (tertiary/aromatic N) is 6. The zero-order chi connectivity index (χ0) is 21.3. The summed E-state index contributed by atoms with van der Waals surface area (Å²) in [6.45, 7) is 4.79. The van der Waals surface area contributed by atoms with Gasteiger partial charge in [0.05, 0.1) is 5.02 Å². The lowest BCUT2D eigenvalue weighted by Gasteiger charge is -2.34. The molecule has 0 aromatic carbocycles. The van der Waals surface area contributed by atoms with Crippen molar-refractivity contribution < 1.29 is 19.1 Å². The van der Waals surface area contributed by atoms with Gasteiger partial charge in [-0.3, -0.25) is 14.6 Å². The number of carbonyl (C=O) groups excluding carboxylic acids is 3. The molecule has 11 heteroatoms. The van der Waals surface area contributed by atoms with E-state index in [0.29, 0.717) is 31.2 Å². The van der Waals surface area contributed by atoms with Crippen LogP contribution in [0.1, 0.15) is 22.4 Å². The third kappa shape index (κ3) is 3.57. The van der Waals surface area contributed by atoms with E-state index in [9.17, 15) is 14.4 Å². The average molecular weight is 429 g/mol. The van der Waals surface area contributed by atoms with Crippen LogP contribution >= 0.6 is 11.6 Å². The van der Waals surface area contributed by atoms with Gasteiger partial charge < -0.3 is 14.5 Å². The quantitative estimate of drug-likeness (QED) is 0.684. The second-order valence-corrected chi connectivity index (χ2v) is 6.99. The van der Waals surface area contributed by atoms with Crippen LogP contribution in [0.3, 0.4) is 0 Å². The van der Waals surface area contributed by atoms with E-state index in [0.717, 1.165) is 0 Å². The average Bonchev–Trinajstić information content (AvgIpc) is 3.05. The van der Waals surface area contributed by atoms with Gasteiger partial charge in [-0.25, -0.2) is 19.7 Å². The number of amides is 3. The molecule has 1 saturated heterocycles. The molecule has 4 rings (SSSR count). The van der Waals surface area contributed by atoms with E-state index in [-0.39, 0.29) is 23.1 Å². The predicted molar refractivity (Wildman–Crippen MR) is 106 cm³/mol. The van der Waals surface area contributed by atoms with Gasteiger partial charge in [0.1, 0.15) is 11.5 Å². The molecule has 2 aliphatic heterocycles. The molecule has 0 N–H and O–H groups in total. The number of hydrogen-bond acceptors (Lipinski definition) is 7. The number of piperazine rings is 1. The number of aromatic nitrogens is 3. The molecule has 2 aromatic rings. The van der Waals surface area contributed by atoms with E-state index >= 15 is 0 Å². The van der Waals surface area contributed by atoms with Crippen LogP contribution < -0.4 is 4.90 Å². The van der Waals surface area contributed by atoms with Gasteiger partial charge in [0.25, 0.3) is 5.91 Å². The van der Waals surface area contributed by atoms with Crippen LogP contribution in [0.25, 0.3) is 0 Å². The largest absolute Gasteiger partial charge is 0.419 e. The van der Waals surface area contributed by atoms with E-state index in [1.807, 2.05) is 0 Å². The smallest absolute Gasteiger partial charge is 0.412 e. The molecule has 2 aliphatic rings. The summed E-state index contributed by atoms with van der Waals surface area (Å²) in [5.41, 5.74) is 0.321. The minimum Gasteiger partial charge on any atom is -0.419 e. The van der Waals surface area contributed by atoms with Crippen molar-refractivity contribution in [2.75, 3.05) is 31.1 Å². The minimum atomic E-state index is -1.12. The van der Waals surface area contributed by atoms with E-state index in [1.165, 1.54) is 34.5 Å². The van der Waals surface area contributed by atoms with Gasteiger partial charge in [-0.15, -0.1) is 0 Å². The summed E-state index contributed by atoms with van der Waals surface area (Å²) in [6.07, 6.45) is 3.70. The summed E-state index contributed by atoms with van der Waals surface area (Å²) < 4.78 is 5.66. The fraction of sp³-hybridized carbons (Fsp3) is 0.263. The van der Waals surface area contributed by atoms with Crippen LogP contribution in [0.4, 0.5) is 10.6 Å². The lowest BCUT2D eigenvalue weighted by molar-refractivity contribution is -0.127. The van der Waals surface area contributed by atoms with Crippen molar-refractivity contribution in [1.82, 2.24) is 24.8 Å². The van der Waals surface area contributed by atoms with Crippen molar-refractivity contribution in [3.8, 4) is 0 Å². The molecule has 4 heterocycles. The second-order valence-electron chi connectivity index (χ2n) is 6.55. The Kier molecular flexibility index (Phi) is 5.32. The van der Waals surface area contributed by atoms with Gasteiger partial charge >= 0.3 is 6.09 Å². The first-order chi connectivity index (χ1) is 14.5. The van der Waals surface area contributed by atoms with E-state index in [2.05, 4.69) is 21.5 Å². The Morgan fingerprint density at radius 2 is 1.80 bits per heavy atom. The number of hydrogen-bond donors (Lipinski definition) is 0. The Bertz CT molecular complexity index is 1010. The van der Waals surface area contributed by atoms with Crippen molar-refractivity contribution >= 4 is 35.3 Å². The molecule has 1 unspecified atom stereocenters. The molecule has 0 spiro atoms. The Morgan fingerprint density at radius 3 is 2.47 bits per heavy atom. The van der Waals surface area contributed by atoms with Gasteiger partial charge in [0.2, 0.25) is 12.1 Å². The van der Waals surface area contributed by atoms with Crippen molar-refractivity contribution in [3.05, 3.63) is 59.8 Å². The SMILES string of the molecule is C=CC(=O)N1CCN(C(=O)OC2c3nccnc3C(=O)N2c2ccc(Cl)cn2)CC1. The standard InChI is InChI=1S/C19H17ClN6O4/c1-2-14(27)24-7-9-25(10-8-24)19(29)30-18-16-15(21-5-6-22-16)17(28)26(18)13-4-3-12(20)11-23-13/h2-6,11,18H,1,7-10H2. The van der Waals surface area contributed by atoms with Crippen molar-refractivity contribution in [1.29, 1.82) is 0 Å². The summed E-state index contributed by atoms with van der Waals surface area (Å²) in [5.74, 6) is -0.413. The fourth-order valence-corrected chi connectivity index (χ4v) is 3.40.